The van der Waals surface area contributed by atoms with Gasteiger partial charge in [-0.1, -0.05) is 158 Å². The van der Waals surface area contributed by atoms with Crippen LogP contribution in [0.5, 0.6) is 0 Å². The van der Waals surface area contributed by atoms with Crippen LogP contribution in [0.3, 0.4) is 0 Å². The van der Waals surface area contributed by atoms with Crippen molar-refractivity contribution < 1.29 is 0 Å². The Hall–Kier alpha value is -5.93. The summed E-state index contributed by atoms with van der Waals surface area (Å²) in [4.78, 5) is 0. The predicted octanol–water partition coefficient (Wildman–Crippen LogP) is 10.5. The fourth-order valence-electron chi connectivity index (χ4n) is 6.35. The van der Waals surface area contributed by atoms with Gasteiger partial charge in [-0.2, -0.15) is 0 Å². The van der Waals surface area contributed by atoms with E-state index in [-0.39, 0.29) is 0 Å². The number of hydrogen-bond acceptors (Lipinski definition) is 3. The van der Waals surface area contributed by atoms with Gasteiger partial charge in [-0.3, -0.25) is 0 Å². The highest BCUT2D eigenvalue weighted by molar-refractivity contribution is 6.16. The molecule has 206 valence electrons. The lowest BCUT2D eigenvalue weighted by atomic mass is 9.84. The van der Waals surface area contributed by atoms with Gasteiger partial charge >= 0.3 is 0 Å². The van der Waals surface area contributed by atoms with E-state index in [9.17, 15) is 0 Å². The lowest BCUT2D eigenvalue weighted by molar-refractivity contribution is 0.879. The smallest absolute Gasteiger partial charge is 0.105 e. The zero-order valence-corrected chi connectivity index (χ0v) is 23.9. The van der Waals surface area contributed by atoms with E-state index in [0.29, 0.717) is 0 Å². The fourth-order valence-corrected chi connectivity index (χ4v) is 6.35. The molecule has 44 heavy (non-hydrogen) atoms. The number of rotatable bonds is 5. The molecule has 0 spiro atoms. The normalized spacial score (nSPS) is 11.2. The Morgan fingerprint density at radius 2 is 0.864 bits per heavy atom. The molecule has 8 rings (SSSR count). The molecule has 0 fully saturated rings. The zero-order valence-electron chi connectivity index (χ0n) is 23.9. The summed E-state index contributed by atoms with van der Waals surface area (Å²) in [5.74, 6) is 0. The van der Waals surface area contributed by atoms with Gasteiger partial charge in [0.15, 0.2) is 0 Å². The van der Waals surface area contributed by atoms with Gasteiger partial charge in [0.2, 0.25) is 0 Å². The van der Waals surface area contributed by atoms with Gasteiger partial charge in [-0.25, -0.2) is 0 Å². The topological polar surface area (TPSA) is 38.7 Å². The molecule has 0 aliphatic heterocycles. The van der Waals surface area contributed by atoms with Crippen molar-refractivity contribution in [3.63, 3.8) is 0 Å². The highest BCUT2D eigenvalue weighted by Crippen LogP contribution is 2.47. The Morgan fingerprint density at radius 3 is 1.59 bits per heavy atom. The highest BCUT2D eigenvalue weighted by Gasteiger charge is 2.23. The third-order valence-electron chi connectivity index (χ3n) is 8.31. The van der Waals surface area contributed by atoms with Gasteiger partial charge in [0.05, 0.1) is 0 Å². The Balaban J connectivity index is 1.52. The van der Waals surface area contributed by atoms with Crippen LogP contribution in [0.1, 0.15) is 0 Å². The molecule has 0 saturated heterocycles. The van der Waals surface area contributed by atoms with E-state index in [1.54, 1.807) is 0 Å². The molecule has 3 heteroatoms. The second-order valence-electron chi connectivity index (χ2n) is 10.9. The molecule has 0 amide bonds. The molecule has 0 N–H and O–H groups in total. The van der Waals surface area contributed by atoms with Crippen LogP contribution in [0.15, 0.2) is 164 Å². The first-order valence-electron chi connectivity index (χ1n) is 14.8. The van der Waals surface area contributed by atoms with Crippen LogP contribution in [0.4, 0.5) is 0 Å². The molecule has 8 aromatic rings. The number of benzene rings is 7. The minimum atomic E-state index is 0.801. The summed E-state index contributed by atoms with van der Waals surface area (Å²) in [5.41, 5.74) is 10.2. The molecule has 0 atom stereocenters. The molecule has 0 saturated carbocycles. The minimum Gasteiger partial charge on any atom is -0.129 e. The Morgan fingerprint density at radius 1 is 0.318 bits per heavy atom. The van der Waals surface area contributed by atoms with Crippen molar-refractivity contribution in [2.24, 2.45) is 0 Å². The largest absolute Gasteiger partial charge is 0.129 e. The highest BCUT2D eigenvalue weighted by atomic mass is 15.3. The van der Waals surface area contributed by atoms with Crippen molar-refractivity contribution >= 4 is 21.5 Å². The maximum atomic E-state index is 4.81. The van der Waals surface area contributed by atoms with Crippen molar-refractivity contribution in [1.29, 1.82) is 0 Å². The average Bonchev–Trinajstić information content (AvgIpc) is 3.12. The van der Waals surface area contributed by atoms with Crippen molar-refractivity contribution in [2.75, 3.05) is 0 Å². The van der Waals surface area contributed by atoms with E-state index >= 15 is 0 Å². The predicted molar refractivity (Wildman–Crippen MR) is 182 cm³/mol. The molecule has 0 aliphatic carbocycles. The molecule has 0 aliphatic rings. The zero-order chi connectivity index (χ0) is 29.3. The standard InChI is InChI=1S/C41H27N3/c1-4-15-28(16-5-1)33-25-14-26-36(39(33)37-27-31-21-10-11-22-32(31)34-23-12-13-24-35(34)37)41-38(29-17-6-2-7-18-29)40(42-44-43-41)30-19-8-3-9-20-30/h1-27H. The monoisotopic (exact) mass is 561 g/mol. The van der Waals surface area contributed by atoms with Gasteiger partial charge in [-0.15, -0.1) is 10.2 Å². The summed E-state index contributed by atoms with van der Waals surface area (Å²) in [6, 6.07) is 57.5. The SMILES string of the molecule is c1ccc(-c2cccc(-c3nnnc(-c4ccccc4)c3-c3ccccc3)c2-c2cc3ccccc3c3ccccc23)cc1. The lowest BCUT2D eigenvalue weighted by Gasteiger charge is -2.20. The summed E-state index contributed by atoms with van der Waals surface area (Å²) in [6.45, 7) is 0. The molecular weight excluding hydrogens is 534 g/mol. The Kier molecular flexibility index (Phi) is 6.47. The van der Waals surface area contributed by atoms with Gasteiger partial charge < -0.3 is 0 Å². The van der Waals surface area contributed by atoms with Gasteiger partial charge in [-0.05, 0) is 60.6 Å². The number of nitrogens with zero attached hydrogens (tertiary/aromatic N) is 3. The van der Waals surface area contributed by atoms with Crippen LogP contribution < -0.4 is 0 Å². The molecule has 0 bridgehead atoms. The molecule has 0 radical (unpaired) electrons. The van der Waals surface area contributed by atoms with Crippen LogP contribution in [0, 0.1) is 0 Å². The average molecular weight is 562 g/mol. The second-order valence-corrected chi connectivity index (χ2v) is 10.9. The quantitative estimate of drug-likeness (QED) is 0.196. The maximum absolute atomic E-state index is 4.81. The van der Waals surface area contributed by atoms with E-state index in [1.165, 1.54) is 21.5 Å². The van der Waals surface area contributed by atoms with E-state index in [4.69, 9.17) is 5.10 Å². The fraction of sp³-hybridized carbons (Fsp3) is 0. The van der Waals surface area contributed by atoms with Crippen molar-refractivity contribution in [3.8, 4) is 55.9 Å². The molecule has 3 nitrogen and oxygen atoms in total. The summed E-state index contributed by atoms with van der Waals surface area (Å²) in [5, 5.41) is 18.7. The minimum absolute atomic E-state index is 0.801. The van der Waals surface area contributed by atoms with Crippen LogP contribution in [-0.2, 0) is 0 Å². The molecule has 0 unspecified atom stereocenters. The van der Waals surface area contributed by atoms with Gasteiger partial charge in [0, 0.05) is 16.7 Å². The first-order valence-corrected chi connectivity index (χ1v) is 14.8. The van der Waals surface area contributed by atoms with Gasteiger partial charge in [0.25, 0.3) is 0 Å². The molecule has 1 aromatic heterocycles. The molecular formula is C41H27N3. The van der Waals surface area contributed by atoms with Crippen LogP contribution in [0.2, 0.25) is 0 Å². The van der Waals surface area contributed by atoms with E-state index < -0.39 is 0 Å². The number of aromatic nitrogens is 3. The van der Waals surface area contributed by atoms with Crippen LogP contribution in [-0.4, -0.2) is 15.4 Å². The summed E-state index contributed by atoms with van der Waals surface area (Å²) in [6.07, 6.45) is 0. The maximum Gasteiger partial charge on any atom is 0.105 e. The first-order chi connectivity index (χ1) is 21.9. The van der Waals surface area contributed by atoms with Crippen molar-refractivity contribution in [1.82, 2.24) is 15.4 Å². The molecule has 7 aromatic carbocycles. The van der Waals surface area contributed by atoms with Crippen molar-refractivity contribution in [3.05, 3.63) is 164 Å². The molecule has 1 heterocycles. The Labute approximate surface area is 256 Å². The van der Waals surface area contributed by atoms with Gasteiger partial charge in [0.1, 0.15) is 11.4 Å². The van der Waals surface area contributed by atoms with E-state index in [2.05, 4.69) is 150 Å². The summed E-state index contributed by atoms with van der Waals surface area (Å²) < 4.78 is 0. The second kappa shape index (κ2) is 11.0. The number of fused-ring (bicyclic) bond motifs is 3. The Bertz CT molecular complexity index is 2260. The third-order valence-corrected chi connectivity index (χ3v) is 8.31. The third kappa shape index (κ3) is 4.43. The van der Waals surface area contributed by atoms with Crippen LogP contribution >= 0.6 is 0 Å². The van der Waals surface area contributed by atoms with E-state index in [0.717, 1.165) is 55.9 Å². The first kappa shape index (κ1) is 25.8. The summed E-state index contributed by atoms with van der Waals surface area (Å²) in [7, 11) is 0. The van der Waals surface area contributed by atoms with E-state index in [1.807, 2.05) is 24.3 Å². The van der Waals surface area contributed by atoms with Crippen LogP contribution in [0.25, 0.3) is 77.4 Å². The lowest BCUT2D eigenvalue weighted by Crippen LogP contribution is -2.02. The van der Waals surface area contributed by atoms with Crippen molar-refractivity contribution in [2.45, 2.75) is 0 Å². The summed E-state index contributed by atoms with van der Waals surface area (Å²) >= 11 is 0. The number of hydrogen-bond donors (Lipinski definition) is 0.